The van der Waals surface area contributed by atoms with Crippen molar-refractivity contribution in [3.8, 4) is 0 Å². The van der Waals surface area contributed by atoms with Crippen molar-refractivity contribution in [2.45, 2.75) is 47.0 Å². The molecule has 1 nitrogen and oxygen atoms in total. The molecule has 1 aliphatic rings. The molecule has 0 aromatic carbocycles. The maximum atomic E-state index is 10.8. The molecule has 0 aromatic heterocycles. The zero-order valence-corrected chi connectivity index (χ0v) is 9.68. The van der Waals surface area contributed by atoms with Gasteiger partial charge >= 0.3 is 0 Å². The molecule has 0 heterocycles. The fraction of sp³-hybridized carbons (Fsp3) is 0.615. The molecule has 0 unspecified atom stereocenters. The second-order valence-electron chi connectivity index (χ2n) is 4.83. The van der Waals surface area contributed by atoms with Crippen molar-refractivity contribution in [2.24, 2.45) is 5.41 Å². The molecule has 0 bridgehead atoms. The van der Waals surface area contributed by atoms with Gasteiger partial charge in [-0.25, -0.2) is 0 Å². The van der Waals surface area contributed by atoms with E-state index in [1.165, 1.54) is 24.0 Å². The van der Waals surface area contributed by atoms with E-state index in [4.69, 9.17) is 0 Å². The Labute approximate surface area is 86.9 Å². The highest BCUT2D eigenvalue weighted by Crippen LogP contribution is 2.40. The minimum absolute atomic E-state index is 0.133. The van der Waals surface area contributed by atoms with Crippen LogP contribution in [0.4, 0.5) is 0 Å². The third-order valence-corrected chi connectivity index (χ3v) is 3.26. The predicted molar refractivity (Wildman–Crippen MR) is 60.2 cm³/mol. The summed E-state index contributed by atoms with van der Waals surface area (Å²) >= 11 is 0. The first-order valence-corrected chi connectivity index (χ1v) is 5.32. The van der Waals surface area contributed by atoms with Gasteiger partial charge in [-0.1, -0.05) is 25.5 Å². The summed E-state index contributed by atoms with van der Waals surface area (Å²) in [5.41, 5.74) is 3.12. The molecule has 0 atom stereocenters. The van der Waals surface area contributed by atoms with E-state index >= 15 is 0 Å². The van der Waals surface area contributed by atoms with Gasteiger partial charge < -0.3 is 0 Å². The fourth-order valence-corrected chi connectivity index (χ4v) is 1.96. The molecule has 1 heteroatoms. The van der Waals surface area contributed by atoms with Crippen LogP contribution in [-0.2, 0) is 4.79 Å². The summed E-state index contributed by atoms with van der Waals surface area (Å²) in [6, 6.07) is 0. The van der Waals surface area contributed by atoms with Crippen LogP contribution in [0.1, 0.15) is 47.0 Å². The molecule has 0 saturated carbocycles. The Hall–Kier alpha value is -0.850. The highest BCUT2D eigenvalue weighted by atomic mass is 16.1. The van der Waals surface area contributed by atoms with E-state index in [2.05, 4.69) is 20.8 Å². The lowest BCUT2D eigenvalue weighted by Gasteiger charge is -2.32. The van der Waals surface area contributed by atoms with Crippen molar-refractivity contribution in [1.29, 1.82) is 0 Å². The van der Waals surface area contributed by atoms with Gasteiger partial charge in [0.2, 0.25) is 0 Å². The van der Waals surface area contributed by atoms with Crippen LogP contribution in [0.15, 0.2) is 23.3 Å². The van der Waals surface area contributed by atoms with Crippen LogP contribution in [0.3, 0.4) is 0 Å². The summed E-state index contributed by atoms with van der Waals surface area (Å²) in [6.07, 6.45) is 7.30. The Morgan fingerprint density at radius 2 is 2.07 bits per heavy atom. The van der Waals surface area contributed by atoms with Crippen LogP contribution in [-0.4, -0.2) is 5.78 Å². The fourth-order valence-electron chi connectivity index (χ4n) is 1.96. The summed E-state index contributed by atoms with van der Waals surface area (Å²) in [5.74, 6) is 0.133. The normalized spacial score (nSPS) is 21.7. The van der Waals surface area contributed by atoms with E-state index in [9.17, 15) is 4.79 Å². The monoisotopic (exact) mass is 192 g/mol. The maximum absolute atomic E-state index is 10.8. The molecule has 1 rings (SSSR count). The van der Waals surface area contributed by atoms with Crippen molar-refractivity contribution < 1.29 is 4.79 Å². The maximum Gasteiger partial charge on any atom is 0.152 e. The van der Waals surface area contributed by atoms with E-state index in [0.717, 1.165) is 6.42 Å². The van der Waals surface area contributed by atoms with Crippen LogP contribution in [0.25, 0.3) is 0 Å². The molecule has 0 N–H and O–H groups in total. The number of carbonyl (C=O) groups is 1. The van der Waals surface area contributed by atoms with E-state index in [1.807, 2.05) is 6.08 Å². The third kappa shape index (κ3) is 2.57. The van der Waals surface area contributed by atoms with E-state index in [0.29, 0.717) is 5.41 Å². The highest BCUT2D eigenvalue weighted by Gasteiger charge is 2.25. The SMILES string of the molecule is CC(=O)/C=C/C1=C(C)C(C)(C)CCC1. The lowest BCUT2D eigenvalue weighted by Crippen LogP contribution is -2.18. The molecule has 0 saturated heterocycles. The second-order valence-corrected chi connectivity index (χ2v) is 4.83. The van der Waals surface area contributed by atoms with Gasteiger partial charge in [-0.3, -0.25) is 4.79 Å². The quantitative estimate of drug-likeness (QED) is 0.610. The molecule has 0 fully saturated rings. The lowest BCUT2D eigenvalue weighted by atomic mass is 9.73. The number of carbonyl (C=O) groups excluding carboxylic acids is 1. The molecule has 0 radical (unpaired) electrons. The van der Waals surface area contributed by atoms with Crippen LogP contribution in [0.2, 0.25) is 0 Å². The zero-order chi connectivity index (χ0) is 10.8. The molecule has 0 aromatic rings. The summed E-state index contributed by atoms with van der Waals surface area (Å²) in [7, 11) is 0. The van der Waals surface area contributed by atoms with Gasteiger partial charge in [-0.05, 0) is 50.2 Å². The molecular weight excluding hydrogens is 172 g/mol. The minimum atomic E-state index is 0.133. The molecule has 0 spiro atoms. The van der Waals surface area contributed by atoms with Gasteiger partial charge in [-0.2, -0.15) is 0 Å². The summed E-state index contributed by atoms with van der Waals surface area (Å²) in [6.45, 7) is 8.35. The molecule has 14 heavy (non-hydrogen) atoms. The zero-order valence-electron chi connectivity index (χ0n) is 9.68. The van der Waals surface area contributed by atoms with Crippen molar-refractivity contribution >= 4 is 5.78 Å². The van der Waals surface area contributed by atoms with Gasteiger partial charge in [0.15, 0.2) is 5.78 Å². The Balaban J connectivity index is 2.91. The number of allylic oxidation sites excluding steroid dienone is 4. The van der Waals surface area contributed by atoms with Gasteiger partial charge in [0, 0.05) is 0 Å². The average Bonchev–Trinajstić information content (AvgIpc) is 2.07. The van der Waals surface area contributed by atoms with E-state index in [-0.39, 0.29) is 5.78 Å². The van der Waals surface area contributed by atoms with Crippen LogP contribution in [0.5, 0.6) is 0 Å². The van der Waals surface area contributed by atoms with Crippen molar-refractivity contribution in [3.05, 3.63) is 23.3 Å². The lowest BCUT2D eigenvalue weighted by molar-refractivity contribution is -0.112. The molecular formula is C13H20O. The first-order valence-electron chi connectivity index (χ1n) is 5.32. The first-order chi connectivity index (χ1) is 6.43. The van der Waals surface area contributed by atoms with Crippen molar-refractivity contribution in [3.63, 3.8) is 0 Å². The first kappa shape index (κ1) is 11.2. The van der Waals surface area contributed by atoms with Crippen molar-refractivity contribution in [2.75, 3.05) is 0 Å². The third-order valence-electron chi connectivity index (χ3n) is 3.26. The van der Waals surface area contributed by atoms with Gasteiger partial charge in [0.05, 0.1) is 0 Å². The van der Waals surface area contributed by atoms with Gasteiger partial charge in [-0.15, -0.1) is 0 Å². The highest BCUT2D eigenvalue weighted by molar-refractivity contribution is 5.87. The number of hydrogen-bond acceptors (Lipinski definition) is 1. The topological polar surface area (TPSA) is 17.1 Å². The number of hydrogen-bond donors (Lipinski definition) is 0. The van der Waals surface area contributed by atoms with Crippen LogP contribution < -0.4 is 0 Å². The smallest absolute Gasteiger partial charge is 0.152 e. The Bertz CT molecular complexity index is 292. The Morgan fingerprint density at radius 1 is 1.43 bits per heavy atom. The van der Waals surface area contributed by atoms with E-state index < -0.39 is 0 Å². The molecule has 1 aliphatic carbocycles. The average molecular weight is 192 g/mol. The minimum Gasteiger partial charge on any atom is -0.295 e. The summed E-state index contributed by atoms with van der Waals surface area (Å²) < 4.78 is 0. The largest absolute Gasteiger partial charge is 0.295 e. The second kappa shape index (κ2) is 4.12. The molecule has 0 amide bonds. The Morgan fingerprint density at radius 3 is 2.64 bits per heavy atom. The molecule has 78 valence electrons. The van der Waals surface area contributed by atoms with Gasteiger partial charge in [0.1, 0.15) is 0 Å². The standard InChI is InChI=1S/C13H20O/c1-10(14)7-8-12-6-5-9-13(3,4)11(12)2/h7-8H,5-6,9H2,1-4H3/b8-7+. The van der Waals surface area contributed by atoms with Gasteiger partial charge in [0.25, 0.3) is 0 Å². The number of ketones is 1. The molecule has 0 aliphatic heterocycles. The predicted octanol–water partition coefficient (Wildman–Crippen LogP) is 3.66. The van der Waals surface area contributed by atoms with Crippen LogP contribution in [0, 0.1) is 5.41 Å². The Kier molecular flexibility index (Phi) is 3.30. The summed E-state index contributed by atoms with van der Waals surface area (Å²) in [4.78, 5) is 10.8. The van der Waals surface area contributed by atoms with E-state index in [1.54, 1.807) is 13.0 Å². The van der Waals surface area contributed by atoms with Crippen molar-refractivity contribution in [1.82, 2.24) is 0 Å². The summed E-state index contributed by atoms with van der Waals surface area (Å²) in [5, 5.41) is 0. The number of rotatable bonds is 2. The van der Waals surface area contributed by atoms with Crippen LogP contribution >= 0.6 is 0 Å².